The summed E-state index contributed by atoms with van der Waals surface area (Å²) < 4.78 is 4.96. The molecule has 6 heteroatoms. The number of rotatable bonds is 7. The predicted octanol–water partition coefficient (Wildman–Crippen LogP) is 0.408. The molecule has 0 N–H and O–H groups in total. The maximum absolute atomic E-state index is 11.9. The first-order valence-corrected chi connectivity index (χ1v) is 5.85. The van der Waals surface area contributed by atoms with Gasteiger partial charge in [-0.05, 0) is 6.42 Å². The number of nitrogens with zero attached hydrogens (tertiary/aromatic N) is 4. The van der Waals surface area contributed by atoms with Crippen molar-refractivity contribution in [3.8, 4) is 0 Å². The topological polar surface area (TPSA) is 58.6 Å². The lowest BCUT2D eigenvalue weighted by Crippen LogP contribution is -2.37. The molecule has 100 valence electrons. The molecule has 0 saturated carbocycles. The molecular formula is C12H20N4O2. The Morgan fingerprint density at radius 2 is 2.17 bits per heavy atom. The Morgan fingerprint density at radius 1 is 1.39 bits per heavy atom. The van der Waals surface area contributed by atoms with E-state index in [2.05, 4.69) is 9.97 Å². The zero-order chi connectivity index (χ0) is 13.4. The van der Waals surface area contributed by atoms with E-state index < -0.39 is 0 Å². The van der Waals surface area contributed by atoms with Gasteiger partial charge in [0, 0.05) is 46.8 Å². The number of carbonyl (C=O) groups is 1. The second-order valence-corrected chi connectivity index (χ2v) is 4.08. The maximum atomic E-state index is 11.9. The van der Waals surface area contributed by atoms with Crippen LogP contribution in [0.1, 0.15) is 6.42 Å². The molecule has 0 aliphatic heterocycles. The fourth-order valence-corrected chi connectivity index (χ4v) is 1.46. The molecule has 1 aromatic rings. The summed E-state index contributed by atoms with van der Waals surface area (Å²) in [5, 5.41) is 0. The van der Waals surface area contributed by atoms with Gasteiger partial charge in [-0.3, -0.25) is 9.78 Å². The summed E-state index contributed by atoms with van der Waals surface area (Å²) in [5.74, 6) is 0.746. The van der Waals surface area contributed by atoms with E-state index >= 15 is 0 Å². The molecule has 0 aliphatic rings. The molecule has 0 unspecified atom stereocenters. The molecule has 1 heterocycles. The van der Waals surface area contributed by atoms with E-state index in [0.29, 0.717) is 25.5 Å². The van der Waals surface area contributed by atoms with E-state index in [-0.39, 0.29) is 5.91 Å². The first kappa shape index (κ1) is 14.4. The zero-order valence-electron chi connectivity index (χ0n) is 11.2. The van der Waals surface area contributed by atoms with E-state index in [0.717, 1.165) is 6.42 Å². The molecule has 0 saturated heterocycles. The number of likely N-dealkylation sites (N-methyl/N-ethyl adjacent to an activating group) is 2. The Hall–Kier alpha value is -1.69. The molecule has 0 atom stereocenters. The van der Waals surface area contributed by atoms with Crippen molar-refractivity contribution < 1.29 is 9.53 Å². The normalized spacial score (nSPS) is 10.2. The third kappa shape index (κ3) is 4.67. The monoisotopic (exact) mass is 252 g/mol. The Balaban J connectivity index is 2.39. The fourth-order valence-electron chi connectivity index (χ4n) is 1.46. The fraction of sp³-hybridized carbons (Fsp3) is 0.583. The summed E-state index contributed by atoms with van der Waals surface area (Å²) in [6.45, 7) is 1.65. The molecule has 0 spiro atoms. The van der Waals surface area contributed by atoms with Crippen LogP contribution in [0.3, 0.4) is 0 Å². The summed E-state index contributed by atoms with van der Waals surface area (Å²) in [4.78, 5) is 23.5. The van der Waals surface area contributed by atoms with Crippen molar-refractivity contribution in [3.63, 3.8) is 0 Å². The van der Waals surface area contributed by atoms with Crippen molar-refractivity contribution in [2.24, 2.45) is 0 Å². The van der Waals surface area contributed by atoms with Crippen molar-refractivity contribution in [1.29, 1.82) is 0 Å². The molecule has 6 nitrogen and oxygen atoms in total. The molecule has 0 aromatic carbocycles. The van der Waals surface area contributed by atoms with Crippen molar-refractivity contribution in [3.05, 3.63) is 18.6 Å². The standard InChI is InChI=1S/C12H20N4O2/c1-15(7-4-8-18-3)12(17)10-16(2)11-9-13-5-6-14-11/h5-6,9H,4,7-8,10H2,1-3H3. The Labute approximate surface area is 108 Å². The van der Waals surface area contributed by atoms with Gasteiger partial charge in [0.25, 0.3) is 0 Å². The van der Waals surface area contributed by atoms with E-state index in [9.17, 15) is 4.79 Å². The van der Waals surface area contributed by atoms with Crippen LogP contribution >= 0.6 is 0 Å². The molecule has 0 bridgehead atoms. The maximum Gasteiger partial charge on any atom is 0.241 e. The quantitative estimate of drug-likeness (QED) is 0.658. The Kier molecular flexibility index (Phi) is 6.07. The number of hydrogen-bond donors (Lipinski definition) is 0. The average Bonchev–Trinajstić information content (AvgIpc) is 2.39. The third-order valence-corrected chi connectivity index (χ3v) is 2.58. The van der Waals surface area contributed by atoms with E-state index in [1.165, 1.54) is 0 Å². The van der Waals surface area contributed by atoms with Gasteiger partial charge in [0.15, 0.2) is 0 Å². The van der Waals surface area contributed by atoms with Crippen molar-refractivity contribution in [1.82, 2.24) is 14.9 Å². The van der Waals surface area contributed by atoms with Crippen molar-refractivity contribution in [2.75, 3.05) is 45.8 Å². The van der Waals surface area contributed by atoms with Crippen LogP contribution in [0.5, 0.6) is 0 Å². The molecule has 0 fully saturated rings. The molecular weight excluding hydrogens is 232 g/mol. The largest absolute Gasteiger partial charge is 0.385 e. The minimum Gasteiger partial charge on any atom is -0.385 e. The Bertz CT molecular complexity index is 358. The minimum absolute atomic E-state index is 0.0549. The van der Waals surface area contributed by atoms with Crippen LogP contribution < -0.4 is 4.90 Å². The number of carbonyl (C=O) groups excluding carboxylic acids is 1. The molecule has 0 radical (unpaired) electrons. The van der Waals surface area contributed by atoms with Crippen LogP contribution in [0.15, 0.2) is 18.6 Å². The van der Waals surface area contributed by atoms with Gasteiger partial charge in [0.1, 0.15) is 5.82 Å². The van der Waals surface area contributed by atoms with E-state index in [1.807, 2.05) is 7.05 Å². The first-order chi connectivity index (χ1) is 8.65. The highest BCUT2D eigenvalue weighted by Crippen LogP contribution is 2.04. The van der Waals surface area contributed by atoms with Crippen molar-refractivity contribution >= 4 is 11.7 Å². The summed E-state index contributed by atoms with van der Waals surface area (Å²) in [7, 11) is 5.27. The van der Waals surface area contributed by atoms with Gasteiger partial charge in [-0.2, -0.15) is 0 Å². The van der Waals surface area contributed by atoms with Crippen LogP contribution in [-0.4, -0.2) is 61.7 Å². The van der Waals surface area contributed by atoms with Crippen LogP contribution in [0.4, 0.5) is 5.82 Å². The van der Waals surface area contributed by atoms with Gasteiger partial charge in [0.2, 0.25) is 5.91 Å². The highest BCUT2D eigenvalue weighted by molar-refractivity contribution is 5.80. The van der Waals surface area contributed by atoms with Gasteiger partial charge >= 0.3 is 0 Å². The van der Waals surface area contributed by atoms with Crippen LogP contribution in [-0.2, 0) is 9.53 Å². The summed E-state index contributed by atoms with van der Waals surface area (Å²) in [5.41, 5.74) is 0. The molecule has 1 aromatic heterocycles. The van der Waals surface area contributed by atoms with E-state index in [4.69, 9.17) is 4.74 Å². The number of methoxy groups -OCH3 is 1. The lowest BCUT2D eigenvalue weighted by atomic mass is 10.4. The number of ether oxygens (including phenoxy) is 1. The van der Waals surface area contributed by atoms with E-state index in [1.54, 1.807) is 42.5 Å². The molecule has 18 heavy (non-hydrogen) atoms. The van der Waals surface area contributed by atoms with Crippen LogP contribution in [0, 0.1) is 0 Å². The van der Waals surface area contributed by atoms with Gasteiger partial charge in [-0.15, -0.1) is 0 Å². The second kappa shape index (κ2) is 7.60. The third-order valence-electron chi connectivity index (χ3n) is 2.58. The van der Waals surface area contributed by atoms with Crippen LogP contribution in [0.2, 0.25) is 0 Å². The summed E-state index contributed by atoms with van der Waals surface area (Å²) >= 11 is 0. The number of anilines is 1. The van der Waals surface area contributed by atoms with Crippen molar-refractivity contribution in [2.45, 2.75) is 6.42 Å². The smallest absolute Gasteiger partial charge is 0.241 e. The minimum atomic E-state index is 0.0549. The predicted molar refractivity (Wildman–Crippen MR) is 69.4 cm³/mol. The lowest BCUT2D eigenvalue weighted by molar-refractivity contribution is -0.128. The number of amides is 1. The van der Waals surface area contributed by atoms with Crippen LogP contribution in [0.25, 0.3) is 0 Å². The number of aromatic nitrogens is 2. The Morgan fingerprint density at radius 3 is 2.78 bits per heavy atom. The van der Waals surface area contributed by atoms with Gasteiger partial charge in [-0.25, -0.2) is 4.98 Å². The SMILES string of the molecule is COCCCN(C)C(=O)CN(C)c1cnccn1. The lowest BCUT2D eigenvalue weighted by Gasteiger charge is -2.22. The molecule has 0 aliphatic carbocycles. The molecule has 1 rings (SSSR count). The summed E-state index contributed by atoms with van der Waals surface area (Å²) in [6, 6.07) is 0. The zero-order valence-corrected chi connectivity index (χ0v) is 11.2. The van der Waals surface area contributed by atoms with Gasteiger partial charge in [-0.1, -0.05) is 0 Å². The average molecular weight is 252 g/mol. The molecule has 1 amide bonds. The van der Waals surface area contributed by atoms with Gasteiger partial charge < -0.3 is 14.5 Å². The number of hydrogen-bond acceptors (Lipinski definition) is 5. The second-order valence-electron chi connectivity index (χ2n) is 4.08. The first-order valence-electron chi connectivity index (χ1n) is 5.85. The highest BCUT2D eigenvalue weighted by Gasteiger charge is 2.12. The highest BCUT2D eigenvalue weighted by atomic mass is 16.5. The summed E-state index contributed by atoms with van der Waals surface area (Å²) in [6.07, 6.45) is 5.69. The van der Waals surface area contributed by atoms with Gasteiger partial charge in [0.05, 0.1) is 12.7 Å².